The zero-order chi connectivity index (χ0) is 21.3. The number of hydrogen-bond acceptors (Lipinski definition) is 4. The minimum absolute atomic E-state index is 0.295. The molecule has 0 saturated heterocycles. The van der Waals surface area contributed by atoms with Crippen molar-refractivity contribution in [1.29, 1.82) is 0 Å². The standard InChI is InChI=1S/C22H27BrN2O4/c1-6-25-18(12-15-10-16(20(26)28-5)11-17(23)19(15)25)14-8-7-9-24(13-14)21(27)29-22(2,3)4/h8,10-12H,6-7,9,13H2,1-5H3. The van der Waals surface area contributed by atoms with E-state index >= 15 is 0 Å². The molecule has 0 fully saturated rings. The fourth-order valence-electron chi connectivity index (χ4n) is 3.60. The van der Waals surface area contributed by atoms with Crippen LogP contribution in [0.15, 0.2) is 28.7 Å². The Hall–Kier alpha value is -2.28. The van der Waals surface area contributed by atoms with Crippen molar-refractivity contribution >= 4 is 44.5 Å². The van der Waals surface area contributed by atoms with Crippen molar-refractivity contribution in [2.45, 2.75) is 46.3 Å². The number of nitrogens with zero attached hydrogens (tertiary/aromatic N) is 2. The quantitative estimate of drug-likeness (QED) is 0.585. The van der Waals surface area contributed by atoms with Crippen LogP contribution in [0.25, 0.3) is 16.5 Å². The van der Waals surface area contributed by atoms with E-state index in [1.54, 1.807) is 11.0 Å². The number of methoxy groups -OCH3 is 1. The van der Waals surface area contributed by atoms with Crippen LogP contribution in [0.1, 0.15) is 50.2 Å². The Bertz CT molecular complexity index is 985. The lowest BCUT2D eigenvalue weighted by Crippen LogP contribution is -2.39. The third-order valence-corrected chi connectivity index (χ3v) is 5.42. The highest BCUT2D eigenvalue weighted by Crippen LogP contribution is 2.33. The molecule has 0 bridgehead atoms. The normalized spacial score (nSPS) is 14.7. The molecule has 6 nitrogen and oxygen atoms in total. The largest absolute Gasteiger partial charge is 0.465 e. The highest BCUT2D eigenvalue weighted by atomic mass is 79.9. The van der Waals surface area contributed by atoms with E-state index in [9.17, 15) is 9.59 Å². The molecule has 156 valence electrons. The van der Waals surface area contributed by atoms with Crippen molar-refractivity contribution in [2.24, 2.45) is 0 Å². The molecule has 0 atom stereocenters. The molecule has 0 unspecified atom stereocenters. The summed E-state index contributed by atoms with van der Waals surface area (Å²) in [6.45, 7) is 9.59. The minimum Gasteiger partial charge on any atom is -0.465 e. The zero-order valence-electron chi connectivity index (χ0n) is 17.5. The predicted octanol–water partition coefficient (Wildman–Crippen LogP) is 5.23. The van der Waals surface area contributed by atoms with Gasteiger partial charge in [-0.15, -0.1) is 0 Å². The average molecular weight is 463 g/mol. The van der Waals surface area contributed by atoms with Crippen molar-refractivity contribution in [2.75, 3.05) is 20.2 Å². The van der Waals surface area contributed by atoms with E-state index in [1.807, 2.05) is 26.8 Å². The fraction of sp³-hybridized carbons (Fsp3) is 0.455. The lowest BCUT2D eigenvalue weighted by Gasteiger charge is -2.30. The van der Waals surface area contributed by atoms with Crippen LogP contribution in [-0.2, 0) is 16.0 Å². The van der Waals surface area contributed by atoms with E-state index in [0.29, 0.717) is 18.7 Å². The topological polar surface area (TPSA) is 60.8 Å². The molecule has 0 N–H and O–H groups in total. The maximum Gasteiger partial charge on any atom is 0.410 e. The first-order chi connectivity index (χ1) is 13.6. The molecule has 0 saturated carbocycles. The Morgan fingerprint density at radius 3 is 2.55 bits per heavy atom. The smallest absolute Gasteiger partial charge is 0.410 e. The maximum absolute atomic E-state index is 12.5. The van der Waals surface area contributed by atoms with Crippen molar-refractivity contribution in [1.82, 2.24) is 9.47 Å². The Labute approximate surface area is 179 Å². The Morgan fingerprint density at radius 2 is 1.93 bits per heavy atom. The molecular weight excluding hydrogens is 436 g/mol. The summed E-state index contributed by atoms with van der Waals surface area (Å²) in [6.07, 6.45) is 2.65. The fourth-order valence-corrected chi connectivity index (χ4v) is 4.29. The number of esters is 1. The average Bonchev–Trinajstić information content (AvgIpc) is 3.05. The summed E-state index contributed by atoms with van der Waals surface area (Å²) in [5.41, 5.74) is 3.11. The van der Waals surface area contributed by atoms with Gasteiger partial charge in [-0.05, 0) is 73.8 Å². The number of hydrogen-bond donors (Lipinski definition) is 0. The highest BCUT2D eigenvalue weighted by molar-refractivity contribution is 9.10. The van der Waals surface area contributed by atoms with Gasteiger partial charge in [-0.1, -0.05) is 6.08 Å². The van der Waals surface area contributed by atoms with Crippen molar-refractivity contribution in [3.8, 4) is 0 Å². The molecule has 0 spiro atoms. The van der Waals surface area contributed by atoms with Crippen LogP contribution in [0, 0.1) is 0 Å². The van der Waals surface area contributed by atoms with E-state index < -0.39 is 5.60 Å². The SMILES string of the molecule is CCn1c(C2=CCCN(C(=O)OC(C)(C)C)C2)cc2cc(C(=O)OC)cc(Br)c21. The number of aryl methyl sites for hydroxylation is 1. The second-order valence-electron chi connectivity index (χ2n) is 8.08. The minimum atomic E-state index is -0.522. The molecule has 1 amide bonds. The van der Waals surface area contributed by atoms with E-state index in [2.05, 4.69) is 39.6 Å². The summed E-state index contributed by atoms with van der Waals surface area (Å²) in [5.74, 6) is -0.369. The van der Waals surface area contributed by atoms with E-state index in [4.69, 9.17) is 9.47 Å². The molecule has 0 radical (unpaired) electrons. The van der Waals surface area contributed by atoms with Gasteiger partial charge < -0.3 is 18.9 Å². The summed E-state index contributed by atoms with van der Waals surface area (Å²) >= 11 is 3.61. The molecule has 1 aromatic heterocycles. The van der Waals surface area contributed by atoms with Gasteiger partial charge in [-0.25, -0.2) is 9.59 Å². The molecule has 1 aliphatic rings. The van der Waals surface area contributed by atoms with Gasteiger partial charge in [0.2, 0.25) is 0 Å². The monoisotopic (exact) mass is 462 g/mol. The number of amides is 1. The number of carbonyl (C=O) groups excluding carboxylic acids is 2. The maximum atomic E-state index is 12.5. The van der Waals surface area contributed by atoms with Gasteiger partial charge in [-0.2, -0.15) is 0 Å². The second kappa shape index (κ2) is 8.22. The Kier molecular flexibility index (Phi) is 6.08. The number of aromatic nitrogens is 1. The molecule has 7 heteroatoms. The lowest BCUT2D eigenvalue weighted by atomic mass is 10.1. The van der Waals surface area contributed by atoms with E-state index in [1.165, 1.54) is 7.11 Å². The van der Waals surface area contributed by atoms with E-state index in [-0.39, 0.29) is 12.1 Å². The predicted molar refractivity (Wildman–Crippen MR) is 117 cm³/mol. The van der Waals surface area contributed by atoms with Gasteiger partial charge in [0.05, 0.1) is 24.7 Å². The molecule has 1 aliphatic heterocycles. The summed E-state index contributed by atoms with van der Waals surface area (Å²) in [7, 11) is 1.38. The van der Waals surface area contributed by atoms with E-state index in [0.717, 1.165) is 39.6 Å². The van der Waals surface area contributed by atoms with Crippen molar-refractivity contribution < 1.29 is 19.1 Å². The van der Waals surface area contributed by atoms with Crippen LogP contribution in [-0.4, -0.2) is 47.3 Å². The van der Waals surface area contributed by atoms with Crippen LogP contribution in [0.4, 0.5) is 4.79 Å². The van der Waals surface area contributed by atoms with Crippen LogP contribution in [0.5, 0.6) is 0 Å². The zero-order valence-corrected chi connectivity index (χ0v) is 19.1. The number of ether oxygens (including phenoxy) is 2. The first kappa shape index (κ1) is 21.4. The van der Waals surface area contributed by atoms with Crippen molar-refractivity contribution in [3.05, 3.63) is 40.0 Å². The van der Waals surface area contributed by atoms with Gasteiger partial charge in [0.15, 0.2) is 0 Å². The first-order valence-corrected chi connectivity index (χ1v) is 10.5. The molecule has 0 aliphatic carbocycles. The van der Waals surface area contributed by atoms with Crippen molar-refractivity contribution in [3.63, 3.8) is 0 Å². The van der Waals surface area contributed by atoms with Crippen LogP contribution in [0.2, 0.25) is 0 Å². The molecule has 1 aromatic carbocycles. The van der Waals surface area contributed by atoms with Crippen LogP contribution >= 0.6 is 15.9 Å². The number of rotatable bonds is 3. The van der Waals surface area contributed by atoms with Gasteiger partial charge in [-0.3, -0.25) is 0 Å². The number of benzene rings is 1. The third-order valence-electron chi connectivity index (χ3n) is 4.81. The summed E-state index contributed by atoms with van der Waals surface area (Å²) < 4.78 is 13.4. The van der Waals surface area contributed by atoms with Gasteiger partial charge in [0, 0.05) is 28.6 Å². The molecule has 29 heavy (non-hydrogen) atoms. The number of fused-ring (bicyclic) bond motifs is 1. The van der Waals surface area contributed by atoms with Gasteiger partial charge in [0.25, 0.3) is 0 Å². The Morgan fingerprint density at radius 1 is 1.21 bits per heavy atom. The molecule has 2 aromatic rings. The Balaban J connectivity index is 1.98. The van der Waals surface area contributed by atoms with Crippen LogP contribution in [0.3, 0.4) is 0 Å². The highest BCUT2D eigenvalue weighted by Gasteiger charge is 2.26. The second-order valence-corrected chi connectivity index (χ2v) is 8.94. The summed E-state index contributed by atoms with van der Waals surface area (Å²) in [5, 5.41) is 0.951. The number of carbonyl (C=O) groups is 2. The van der Waals surface area contributed by atoms with Gasteiger partial charge >= 0.3 is 12.1 Å². The van der Waals surface area contributed by atoms with Gasteiger partial charge in [0.1, 0.15) is 5.60 Å². The first-order valence-electron chi connectivity index (χ1n) is 9.73. The van der Waals surface area contributed by atoms with Crippen LogP contribution < -0.4 is 0 Å². The summed E-state index contributed by atoms with van der Waals surface area (Å²) in [4.78, 5) is 26.3. The molecule has 3 rings (SSSR count). The summed E-state index contributed by atoms with van der Waals surface area (Å²) in [6, 6.07) is 5.70. The third kappa shape index (κ3) is 4.50. The lowest BCUT2D eigenvalue weighted by molar-refractivity contribution is 0.0272. The molecular formula is C22H27BrN2O4. The molecule has 2 heterocycles. The number of halogens is 1.